The van der Waals surface area contributed by atoms with E-state index >= 15 is 0 Å². The summed E-state index contributed by atoms with van der Waals surface area (Å²) in [7, 11) is 0. The van der Waals surface area contributed by atoms with Crippen molar-refractivity contribution in [1.29, 1.82) is 0 Å². The lowest BCUT2D eigenvalue weighted by Gasteiger charge is -2.31. The molecule has 0 spiro atoms. The van der Waals surface area contributed by atoms with E-state index in [9.17, 15) is 9.59 Å². The normalized spacial score (nSPS) is 26.4. The first-order valence-corrected chi connectivity index (χ1v) is 6.48. The average molecular weight is 256 g/mol. The van der Waals surface area contributed by atoms with E-state index in [1.165, 1.54) is 0 Å². The van der Waals surface area contributed by atoms with Gasteiger partial charge in [-0.25, -0.2) is 0 Å². The van der Waals surface area contributed by atoms with Crippen LogP contribution in [0.25, 0.3) is 0 Å². The fourth-order valence-electron chi connectivity index (χ4n) is 2.33. The molecule has 1 fully saturated rings. The monoisotopic (exact) mass is 256 g/mol. The van der Waals surface area contributed by atoms with Gasteiger partial charge in [0.25, 0.3) is 0 Å². The molecule has 1 atom stereocenters. The fraction of sp³-hybridized carbons (Fsp3) is 0.846. The third-order valence-corrected chi connectivity index (χ3v) is 3.36. The Morgan fingerprint density at radius 1 is 1.17 bits per heavy atom. The van der Waals surface area contributed by atoms with Crippen molar-refractivity contribution in [2.24, 2.45) is 23.3 Å². The minimum Gasteiger partial charge on any atom is -0.459 e. The molecule has 0 aromatic carbocycles. The van der Waals surface area contributed by atoms with Gasteiger partial charge in [0.15, 0.2) is 0 Å². The van der Waals surface area contributed by atoms with E-state index in [0.717, 1.165) is 25.7 Å². The van der Waals surface area contributed by atoms with Gasteiger partial charge in [0, 0.05) is 5.92 Å². The van der Waals surface area contributed by atoms with Crippen molar-refractivity contribution in [3.63, 3.8) is 0 Å². The zero-order valence-corrected chi connectivity index (χ0v) is 11.4. The van der Waals surface area contributed by atoms with Crippen LogP contribution < -0.4 is 11.5 Å². The van der Waals surface area contributed by atoms with Crippen LogP contribution in [0.4, 0.5) is 0 Å². The highest BCUT2D eigenvalue weighted by atomic mass is 16.6. The molecular weight excluding hydrogens is 232 g/mol. The van der Waals surface area contributed by atoms with Crippen molar-refractivity contribution in [1.82, 2.24) is 0 Å². The summed E-state index contributed by atoms with van der Waals surface area (Å²) in [6.07, 6.45) is 2.95. The molecule has 1 aliphatic carbocycles. The number of hydrogen-bond acceptors (Lipinski definition) is 4. The summed E-state index contributed by atoms with van der Waals surface area (Å²) >= 11 is 0. The Kier molecular flexibility index (Phi) is 4.73. The Balaban J connectivity index is 2.47. The zero-order valence-electron chi connectivity index (χ0n) is 11.4. The number of ether oxygens (including phenoxy) is 1. The molecule has 0 heterocycles. The molecule has 1 unspecified atom stereocenters. The second-order valence-corrected chi connectivity index (χ2v) is 6.07. The first-order valence-electron chi connectivity index (χ1n) is 6.48. The van der Waals surface area contributed by atoms with Crippen molar-refractivity contribution in [2.45, 2.75) is 58.1 Å². The van der Waals surface area contributed by atoms with Crippen molar-refractivity contribution in [2.75, 3.05) is 0 Å². The Labute approximate surface area is 108 Å². The highest BCUT2D eigenvalue weighted by molar-refractivity contribution is 5.77. The SMILES string of the molecule is CC(C)(C)OC(=O)C(N)[C@H]1CC[C@H](C(N)=O)CC1. The summed E-state index contributed by atoms with van der Waals surface area (Å²) < 4.78 is 5.27. The maximum absolute atomic E-state index is 11.8. The van der Waals surface area contributed by atoms with Crippen LogP contribution in [0.5, 0.6) is 0 Å². The minimum absolute atomic E-state index is 0.0629. The van der Waals surface area contributed by atoms with E-state index in [1.54, 1.807) is 0 Å². The molecule has 0 bridgehead atoms. The summed E-state index contributed by atoms with van der Waals surface area (Å²) in [6, 6.07) is -0.599. The van der Waals surface area contributed by atoms with Gasteiger partial charge in [-0.05, 0) is 52.4 Å². The lowest BCUT2D eigenvalue weighted by Crippen LogP contribution is -2.44. The van der Waals surface area contributed by atoms with Gasteiger partial charge in [-0.2, -0.15) is 0 Å². The van der Waals surface area contributed by atoms with Crippen LogP contribution >= 0.6 is 0 Å². The van der Waals surface area contributed by atoms with Crippen molar-refractivity contribution < 1.29 is 14.3 Å². The third-order valence-electron chi connectivity index (χ3n) is 3.36. The van der Waals surface area contributed by atoms with Crippen molar-refractivity contribution in [3.05, 3.63) is 0 Å². The molecule has 1 saturated carbocycles. The first-order chi connectivity index (χ1) is 8.20. The lowest BCUT2D eigenvalue weighted by molar-refractivity contribution is -0.158. The smallest absolute Gasteiger partial charge is 0.323 e. The minimum atomic E-state index is -0.599. The third kappa shape index (κ3) is 4.29. The van der Waals surface area contributed by atoms with Crippen LogP contribution in [-0.4, -0.2) is 23.5 Å². The number of carbonyl (C=O) groups excluding carboxylic acids is 2. The summed E-state index contributed by atoms with van der Waals surface area (Å²) in [4.78, 5) is 22.9. The summed E-state index contributed by atoms with van der Waals surface area (Å²) in [5.41, 5.74) is 10.7. The molecule has 4 N–H and O–H groups in total. The maximum Gasteiger partial charge on any atom is 0.323 e. The Morgan fingerprint density at radius 3 is 2.06 bits per heavy atom. The number of esters is 1. The Bertz CT molecular complexity index is 315. The van der Waals surface area contributed by atoms with Gasteiger partial charge < -0.3 is 16.2 Å². The molecule has 0 aromatic rings. The van der Waals surface area contributed by atoms with E-state index in [4.69, 9.17) is 16.2 Å². The number of hydrogen-bond donors (Lipinski definition) is 2. The average Bonchev–Trinajstić information content (AvgIpc) is 2.26. The molecule has 1 rings (SSSR count). The predicted octanol–water partition coefficient (Wildman–Crippen LogP) is 0.947. The summed E-state index contributed by atoms with van der Waals surface area (Å²) in [6.45, 7) is 5.46. The van der Waals surface area contributed by atoms with Gasteiger partial charge in [0.1, 0.15) is 11.6 Å². The van der Waals surface area contributed by atoms with Gasteiger partial charge in [-0.15, -0.1) is 0 Å². The number of carbonyl (C=O) groups is 2. The van der Waals surface area contributed by atoms with E-state index in [-0.39, 0.29) is 23.7 Å². The molecule has 104 valence electrons. The quantitative estimate of drug-likeness (QED) is 0.735. The van der Waals surface area contributed by atoms with Gasteiger partial charge >= 0.3 is 5.97 Å². The lowest BCUT2D eigenvalue weighted by atomic mass is 9.78. The van der Waals surface area contributed by atoms with E-state index in [1.807, 2.05) is 20.8 Å². The molecule has 0 radical (unpaired) electrons. The topological polar surface area (TPSA) is 95.4 Å². The number of rotatable bonds is 3. The second-order valence-electron chi connectivity index (χ2n) is 6.07. The van der Waals surface area contributed by atoms with Gasteiger partial charge in [-0.1, -0.05) is 0 Å². The van der Waals surface area contributed by atoms with E-state index < -0.39 is 11.6 Å². The number of primary amides is 1. The molecule has 0 aliphatic heterocycles. The van der Waals surface area contributed by atoms with Crippen LogP contribution in [0.2, 0.25) is 0 Å². The maximum atomic E-state index is 11.8. The van der Waals surface area contributed by atoms with E-state index in [2.05, 4.69) is 0 Å². The molecular formula is C13H24N2O3. The molecule has 1 amide bonds. The Hall–Kier alpha value is -1.10. The number of amides is 1. The van der Waals surface area contributed by atoms with Crippen LogP contribution in [0.1, 0.15) is 46.5 Å². The summed E-state index contributed by atoms with van der Waals surface area (Å²) in [5, 5.41) is 0. The van der Waals surface area contributed by atoms with E-state index in [0.29, 0.717) is 0 Å². The van der Waals surface area contributed by atoms with Gasteiger partial charge in [0.05, 0.1) is 0 Å². The molecule has 5 heteroatoms. The second kappa shape index (κ2) is 5.69. The van der Waals surface area contributed by atoms with Crippen LogP contribution in [0.15, 0.2) is 0 Å². The summed E-state index contributed by atoms with van der Waals surface area (Å²) in [5.74, 6) is -0.577. The molecule has 0 aromatic heterocycles. The zero-order chi connectivity index (χ0) is 13.9. The predicted molar refractivity (Wildman–Crippen MR) is 68.5 cm³/mol. The van der Waals surface area contributed by atoms with Crippen molar-refractivity contribution in [3.8, 4) is 0 Å². The van der Waals surface area contributed by atoms with Crippen molar-refractivity contribution >= 4 is 11.9 Å². The standard InChI is InChI=1S/C13H24N2O3/c1-13(2,3)18-12(17)10(14)8-4-6-9(7-5-8)11(15)16/h8-10H,4-7,14H2,1-3H3,(H2,15,16)/t8-,9-,10?. The first kappa shape index (κ1) is 15.0. The highest BCUT2D eigenvalue weighted by Gasteiger charge is 2.33. The molecule has 1 aliphatic rings. The molecule has 0 saturated heterocycles. The van der Waals surface area contributed by atoms with Crippen LogP contribution in [0.3, 0.4) is 0 Å². The molecule has 5 nitrogen and oxygen atoms in total. The number of nitrogens with two attached hydrogens (primary N) is 2. The largest absolute Gasteiger partial charge is 0.459 e. The van der Waals surface area contributed by atoms with Gasteiger partial charge in [0.2, 0.25) is 5.91 Å². The molecule has 18 heavy (non-hydrogen) atoms. The highest BCUT2D eigenvalue weighted by Crippen LogP contribution is 2.30. The van der Waals surface area contributed by atoms with Crippen LogP contribution in [0, 0.1) is 11.8 Å². The fourth-order valence-corrected chi connectivity index (χ4v) is 2.33. The van der Waals surface area contributed by atoms with Gasteiger partial charge in [-0.3, -0.25) is 9.59 Å². The Morgan fingerprint density at radius 2 is 1.67 bits per heavy atom. The van der Waals surface area contributed by atoms with Crippen LogP contribution in [-0.2, 0) is 14.3 Å².